The largest absolute Gasteiger partial charge is 0.188 e. The molecule has 0 aliphatic carbocycles. The molecule has 0 unspecified atom stereocenters. The number of para-hydroxylation sites is 1. The number of aliphatic imine (C=N–C) groups is 2. The third-order valence-electron chi connectivity index (χ3n) is 2.02. The third-order valence-corrected chi connectivity index (χ3v) is 3.11. The Morgan fingerprint density at radius 2 is 1.76 bits per heavy atom. The average Bonchev–Trinajstić information content (AvgIpc) is 2.33. The van der Waals surface area contributed by atoms with E-state index in [1.807, 2.05) is 42.5 Å². The van der Waals surface area contributed by atoms with Gasteiger partial charge in [0, 0.05) is 8.59 Å². The molecular weight excluding hydrogens is 347 g/mol. The molecule has 17 heavy (non-hydrogen) atoms. The van der Waals surface area contributed by atoms with Crippen LogP contribution in [0.4, 0.5) is 11.4 Å². The maximum atomic E-state index is 5.86. The van der Waals surface area contributed by atoms with E-state index in [2.05, 4.69) is 38.6 Å². The van der Waals surface area contributed by atoms with Gasteiger partial charge in [0.05, 0.1) is 11.4 Å². The number of benzene rings is 2. The van der Waals surface area contributed by atoms with Crippen LogP contribution in [-0.4, -0.2) is 6.01 Å². The van der Waals surface area contributed by atoms with Gasteiger partial charge in [-0.05, 0) is 52.9 Å². The van der Waals surface area contributed by atoms with E-state index in [4.69, 9.17) is 11.6 Å². The lowest BCUT2D eigenvalue weighted by molar-refractivity contribution is 1.47. The zero-order valence-electron chi connectivity index (χ0n) is 8.77. The molecule has 0 spiro atoms. The molecule has 0 aromatic heterocycles. The molecule has 2 nitrogen and oxygen atoms in total. The second-order valence-corrected chi connectivity index (χ2v) is 4.85. The lowest BCUT2D eigenvalue weighted by Crippen LogP contribution is -1.72. The lowest BCUT2D eigenvalue weighted by Gasteiger charge is -1.95. The molecule has 0 N–H and O–H groups in total. The average molecular weight is 355 g/mol. The Hall–Kier alpha value is -1.16. The van der Waals surface area contributed by atoms with Crippen LogP contribution in [0.25, 0.3) is 0 Å². The van der Waals surface area contributed by atoms with Gasteiger partial charge in [-0.1, -0.05) is 29.8 Å². The van der Waals surface area contributed by atoms with Crippen molar-refractivity contribution in [3.05, 3.63) is 57.1 Å². The van der Waals surface area contributed by atoms with Crippen molar-refractivity contribution >= 4 is 51.6 Å². The molecule has 0 atom stereocenters. The molecule has 0 saturated carbocycles. The summed E-state index contributed by atoms with van der Waals surface area (Å²) in [7, 11) is 0. The van der Waals surface area contributed by atoms with Gasteiger partial charge in [-0.2, -0.15) is 9.98 Å². The van der Waals surface area contributed by atoms with Crippen molar-refractivity contribution in [2.75, 3.05) is 0 Å². The van der Waals surface area contributed by atoms with Gasteiger partial charge < -0.3 is 0 Å². The monoisotopic (exact) mass is 354 g/mol. The highest BCUT2D eigenvalue weighted by atomic mass is 127. The van der Waals surface area contributed by atoms with E-state index in [-0.39, 0.29) is 0 Å². The molecule has 2 aromatic carbocycles. The molecule has 0 heterocycles. The first-order chi connectivity index (χ1) is 8.25. The molecule has 2 rings (SSSR count). The summed E-state index contributed by atoms with van der Waals surface area (Å²) >= 11 is 8.04. The molecule has 0 aliphatic heterocycles. The zero-order chi connectivity index (χ0) is 12.1. The summed E-state index contributed by atoms with van der Waals surface area (Å²) in [6, 6.07) is 17.8. The Labute approximate surface area is 118 Å². The van der Waals surface area contributed by atoms with Crippen LogP contribution in [0, 0.1) is 3.57 Å². The molecule has 0 aliphatic rings. The van der Waals surface area contributed by atoms with Crippen molar-refractivity contribution in [3.63, 3.8) is 0 Å². The second kappa shape index (κ2) is 5.96. The van der Waals surface area contributed by atoms with Crippen molar-refractivity contribution in [2.24, 2.45) is 9.98 Å². The molecule has 0 amide bonds. The third kappa shape index (κ3) is 3.66. The van der Waals surface area contributed by atoms with Crippen molar-refractivity contribution in [1.29, 1.82) is 0 Å². The summed E-state index contributed by atoms with van der Waals surface area (Å²) in [6.07, 6.45) is 0. The standard InChI is InChI=1S/C13H8ClIN2/c14-10-6-7-13(12(15)8-10)17-9-16-11-4-2-1-3-5-11/h1-8H. The fourth-order valence-corrected chi connectivity index (χ4v) is 2.20. The van der Waals surface area contributed by atoms with E-state index in [1.54, 1.807) is 6.07 Å². The summed E-state index contributed by atoms with van der Waals surface area (Å²) < 4.78 is 0.978. The van der Waals surface area contributed by atoms with Gasteiger partial charge >= 0.3 is 0 Å². The maximum absolute atomic E-state index is 5.86. The highest BCUT2D eigenvalue weighted by Crippen LogP contribution is 2.24. The summed E-state index contributed by atoms with van der Waals surface area (Å²) in [4.78, 5) is 8.27. The SMILES string of the molecule is Clc1ccc(N=C=Nc2ccccc2)c(I)c1. The van der Waals surface area contributed by atoms with Gasteiger partial charge in [-0.15, -0.1) is 0 Å². The van der Waals surface area contributed by atoms with Crippen LogP contribution in [0.15, 0.2) is 58.5 Å². The zero-order valence-corrected chi connectivity index (χ0v) is 11.7. The molecule has 0 radical (unpaired) electrons. The van der Waals surface area contributed by atoms with Crippen LogP contribution >= 0.6 is 34.2 Å². The number of hydrogen-bond acceptors (Lipinski definition) is 2. The first kappa shape index (κ1) is 12.3. The smallest absolute Gasteiger partial charge is 0.101 e. The fraction of sp³-hybridized carbons (Fsp3) is 0. The number of halogens is 2. The lowest BCUT2D eigenvalue weighted by atomic mass is 10.3. The minimum absolute atomic E-state index is 0.702. The normalized spacial score (nSPS) is 9.53. The van der Waals surface area contributed by atoms with Gasteiger partial charge in [0.15, 0.2) is 0 Å². The van der Waals surface area contributed by atoms with Gasteiger partial charge in [-0.25, -0.2) is 0 Å². The Kier molecular flexibility index (Phi) is 4.31. The minimum Gasteiger partial charge on any atom is -0.188 e. The molecule has 0 fully saturated rings. The van der Waals surface area contributed by atoms with Crippen LogP contribution < -0.4 is 0 Å². The maximum Gasteiger partial charge on any atom is 0.101 e. The Balaban J connectivity index is 2.23. The number of nitrogens with zero attached hydrogens (tertiary/aromatic N) is 2. The van der Waals surface area contributed by atoms with Crippen molar-refractivity contribution in [1.82, 2.24) is 0 Å². The first-order valence-corrected chi connectivity index (χ1v) is 6.38. The van der Waals surface area contributed by atoms with E-state index < -0.39 is 0 Å². The van der Waals surface area contributed by atoms with E-state index in [1.165, 1.54) is 0 Å². The molecule has 4 heteroatoms. The van der Waals surface area contributed by atoms with E-state index >= 15 is 0 Å². The molecule has 2 aromatic rings. The van der Waals surface area contributed by atoms with E-state index in [9.17, 15) is 0 Å². The first-order valence-electron chi connectivity index (χ1n) is 4.92. The van der Waals surface area contributed by atoms with Crippen LogP contribution in [0.3, 0.4) is 0 Å². The number of hydrogen-bond donors (Lipinski definition) is 0. The van der Waals surface area contributed by atoms with Gasteiger partial charge in [-0.3, -0.25) is 0 Å². The summed E-state index contributed by atoms with van der Waals surface area (Å²) in [5, 5.41) is 0.702. The minimum atomic E-state index is 0.702. The van der Waals surface area contributed by atoms with Crippen LogP contribution in [-0.2, 0) is 0 Å². The Morgan fingerprint density at radius 3 is 2.47 bits per heavy atom. The summed E-state index contributed by atoms with van der Waals surface area (Å²) in [5.41, 5.74) is 1.65. The van der Waals surface area contributed by atoms with Gasteiger partial charge in [0.25, 0.3) is 0 Å². The topological polar surface area (TPSA) is 24.7 Å². The second-order valence-electron chi connectivity index (χ2n) is 3.25. The molecular formula is C13H8ClIN2. The van der Waals surface area contributed by atoms with E-state index in [0.29, 0.717) is 5.02 Å². The van der Waals surface area contributed by atoms with Crippen molar-refractivity contribution < 1.29 is 0 Å². The predicted molar refractivity (Wildman–Crippen MR) is 79.8 cm³/mol. The molecule has 0 bridgehead atoms. The van der Waals surface area contributed by atoms with Crippen molar-refractivity contribution in [3.8, 4) is 0 Å². The fourth-order valence-electron chi connectivity index (χ4n) is 1.21. The predicted octanol–water partition coefficient (Wildman–Crippen LogP) is 5.08. The summed E-state index contributed by atoms with van der Waals surface area (Å²) in [6.45, 7) is 0. The van der Waals surface area contributed by atoms with E-state index in [0.717, 1.165) is 14.9 Å². The van der Waals surface area contributed by atoms with Crippen molar-refractivity contribution in [2.45, 2.75) is 0 Å². The number of rotatable bonds is 2. The summed E-state index contributed by atoms with van der Waals surface area (Å²) in [5.74, 6) is 0. The molecule has 84 valence electrons. The Bertz CT molecular complexity index is 575. The highest BCUT2D eigenvalue weighted by molar-refractivity contribution is 14.1. The van der Waals surface area contributed by atoms with Crippen LogP contribution in [0.1, 0.15) is 0 Å². The van der Waals surface area contributed by atoms with Crippen LogP contribution in [0.5, 0.6) is 0 Å². The van der Waals surface area contributed by atoms with Crippen LogP contribution in [0.2, 0.25) is 5.02 Å². The van der Waals surface area contributed by atoms with Gasteiger partial charge in [0.2, 0.25) is 0 Å². The highest BCUT2D eigenvalue weighted by Gasteiger charge is 1.97. The molecule has 0 saturated heterocycles. The van der Waals surface area contributed by atoms with Gasteiger partial charge in [0.1, 0.15) is 6.01 Å². The Morgan fingerprint density at radius 1 is 1.00 bits per heavy atom. The quantitative estimate of drug-likeness (QED) is 0.531.